The molecule has 6 aromatic heterocycles. The summed E-state index contributed by atoms with van der Waals surface area (Å²) in [4.78, 5) is 78.5. The first-order valence-corrected chi connectivity index (χ1v) is 39.1. The number of nitrogens with two attached hydrogens (primary N) is 1. The number of pyridine rings is 3. The molecule has 0 amide bonds. The van der Waals surface area contributed by atoms with Gasteiger partial charge in [0, 0.05) is 135 Å². The second kappa shape index (κ2) is 40.7. The summed E-state index contributed by atoms with van der Waals surface area (Å²) in [5, 5.41) is 31.7. The van der Waals surface area contributed by atoms with Crippen molar-refractivity contribution in [3.05, 3.63) is 151 Å². The second-order valence-corrected chi connectivity index (χ2v) is 30.8. The number of hydrogen-bond acceptors (Lipinski definition) is 17. The zero-order chi connectivity index (χ0) is 74.9. The quantitative estimate of drug-likeness (QED) is 0.0143. The van der Waals surface area contributed by atoms with Gasteiger partial charge in [0.2, 0.25) is 0 Å². The van der Waals surface area contributed by atoms with Crippen LogP contribution in [0, 0.1) is 5.92 Å². The van der Waals surface area contributed by atoms with Crippen LogP contribution in [0.25, 0.3) is 0 Å². The van der Waals surface area contributed by atoms with Crippen LogP contribution < -0.4 is 11.1 Å². The lowest BCUT2D eigenvalue weighted by Crippen LogP contribution is -2.52. The summed E-state index contributed by atoms with van der Waals surface area (Å²) in [6.07, 6.45) is 31.2. The van der Waals surface area contributed by atoms with E-state index in [-0.39, 0.29) is 69.5 Å². The molecule has 12 rings (SSSR count). The maximum atomic E-state index is 13.6. The Balaban J connectivity index is 0.000000174. The summed E-state index contributed by atoms with van der Waals surface area (Å²) in [5.41, 5.74) is 17.4. The normalized spacial score (nSPS) is 18.0. The van der Waals surface area contributed by atoms with Crippen LogP contribution in [0.5, 0.6) is 0 Å². The topological polar surface area (TPSA) is 276 Å². The second-order valence-electron chi connectivity index (χ2n) is 28.7. The number of unbranched alkanes of at least 4 members (excludes halogenated alkanes) is 3. The van der Waals surface area contributed by atoms with Crippen molar-refractivity contribution in [2.75, 3.05) is 44.6 Å². The highest BCUT2D eigenvalue weighted by molar-refractivity contribution is 9.11. The van der Waals surface area contributed by atoms with E-state index in [0.717, 1.165) is 118 Å². The van der Waals surface area contributed by atoms with Crippen LogP contribution in [0.15, 0.2) is 89.0 Å². The van der Waals surface area contributed by atoms with Gasteiger partial charge in [-0.15, -0.1) is 0 Å². The average Bonchev–Trinajstić information content (AvgIpc) is 0.812. The lowest BCUT2D eigenvalue weighted by molar-refractivity contribution is -0.143. The highest BCUT2D eigenvalue weighted by Gasteiger charge is 2.50. The van der Waals surface area contributed by atoms with Crippen LogP contribution in [0.2, 0.25) is 5.15 Å². The Morgan fingerprint density at radius 3 is 1.28 bits per heavy atom. The molecule has 6 N–H and O–H groups in total. The third-order valence-electron chi connectivity index (χ3n) is 20.7. The number of aliphatic carboxylic acids is 3. The van der Waals surface area contributed by atoms with Gasteiger partial charge in [-0.25, -0.2) is 61.0 Å². The fourth-order valence-corrected chi connectivity index (χ4v) is 15.1. The lowest BCUT2D eigenvalue weighted by Gasteiger charge is -2.43. The van der Waals surface area contributed by atoms with Crippen LogP contribution in [0.1, 0.15) is 191 Å². The molecule has 6 aliphatic rings. The minimum absolute atomic E-state index is 0.136. The van der Waals surface area contributed by atoms with Gasteiger partial charge in [0.15, 0.2) is 0 Å². The molecule has 6 heterocycles. The molecule has 20 nitrogen and oxygen atoms in total. The van der Waals surface area contributed by atoms with E-state index in [1.165, 1.54) is 97.5 Å². The fraction of sp³-hybridized carbons (Fsp3) is 0.605. The Bertz CT molecular complexity index is 3710. The zero-order valence-corrected chi connectivity index (χ0v) is 63.5. The van der Waals surface area contributed by atoms with E-state index in [4.69, 9.17) is 37.4 Å². The minimum atomic E-state index is -2.62. The number of nitrogens with zero attached hydrogens (tertiary/aromatic N) is 12. The number of carboxylic acids is 3. The molecule has 3 atom stereocenters. The van der Waals surface area contributed by atoms with E-state index in [1.54, 1.807) is 18.5 Å². The van der Waals surface area contributed by atoms with E-state index in [0.29, 0.717) is 73.2 Å². The number of rotatable bonds is 34. The Morgan fingerprint density at radius 1 is 0.495 bits per heavy atom. The third kappa shape index (κ3) is 27.0. The average molecular weight is 1610 g/mol. The Hall–Kier alpha value is -6.43. The maximum Gasteiger partial charge on any atom is 0.326 e. The van der Waals surface area contributed by atoms with Gasteiger partial charge in [-0.3, -0.25) is 39.2 Å². The highest BCUT2D eigenvalue weighted by atomic mass is 79.9. The predicted molar refractivity (Wildman–Crippen MR) is 396 cm³/mol. The highest BCUT2D eigenvalue weighted by Crippen LogP contribution is 2.43. The van der Waals surface area contributed by atoms with E-state index in [2.05, 4.69) is 108 Å². The summed E-state index contributed by atoms with van der Waals surface area (Å²) in [6.45, 7) is 3.43. The van der Waals surface area contributed by atoms with Gasteiger partial charge in [-0.05, 0) is 253 Å². The Labute approximate surface area is 633 Å². The summed E-state index contributed by atoms with van der Waals surface area (Å²) >= 11 is 12.0. The zero-order valence-electron chi connectivity index (χ0n) is 59.5. The first kappa shape index (κ1) is 82.6. The van der Waals surface area contributed by atoms with Crippen molar-refractivity contribution in [2.45, 2.75) is 247 Å². The predicted octanol–water partition coefficient (Wildman–Crippen LogP) is 14.5. The Kier molecular flexibility index (Phi) is 32.0. The smallest absolute Gasteiger partial charge is 0.326 e. The van der Waals surface area contributed by atoms with Crippen molar-refractivity contribution in [1.82, 2.24) is 59.6 Å². The van der Waals surface area contributed by atoms with Gasteiger partial charge in [0.1, 0.15) is 42.0 Å². The number of anilines is 1. The van der Waals surface area contributed by atoms with Crippen LogP contribution in [-0.4, -0.2) is 180 Å². The van der Waals surface area contributed by atoms with E-state index < -0.39 is 53.7 Å². The number of carboxylic acid groups (broad SMARTS) is 3. The fourth-order valence-electron chi connectivity index (χ4n) is 14.4. The molecule has 0 saturated heterocycles. The van der Waals surface area contributed by atoms with Crippen molar-refractivity contribution >= 4 is 67.2 Å². The lowest BCUT2D eigenvalue weighted by atomic mass is 9.86. The molecule has 3 fully saturated rings. The van der Waals surface area contributed by atoms with Crippen molar-refractivity contribution < 1.29 is 56.0 Å². The van der Waals surface area contributed by atoms with E-state index in [9.17, 15) is 50.9 Å². The van der Waals surface area contributed by atoms with Crippen LogP contribution in [0.3, 0.4) is 0 Å². The van der Waals surface area contributed by atoms with Crippen LogP contribution in [-0.2, 0) is 78.6 Å². The summed E-state index contributed by atoms with van der Waals surface area (Å²) < 4.78 is 82.2. The molecule has 105 heavy (non-hydrogen) atoms. The standard InChI is InChI=1S/C26H34F2N4O2.C25H32BrF2N5O2.C21H31F2N3O2.C4H2BrClN2/c27-26(28)16-23(17-26)32(14-11-20(25(33)34)15-22-10-12-29-18-30-22)13-4-3-6-21-9-8-19-5-1-2-7-24(19)31-21;26-20-15-29-16-30-23(20)32-22(24(34)35)10-12-33(19-13-25(27,28)14-19)11-4-3-6-18-9-8-17-5-1-2-7-21(17)31-18;22-21(23)13-17(14-21)26(12-10-18(24)20(27)28)11-4-3-6-16-9-8-15-5-1-2-7-19(15)25-16;5-3-1-7-2-8-4(3)6/h8-10,12,18,20,23H,1-7,11,13-17H2,(H,33,34);8-9,15-16,19,22H,1-7,10-14H2,(H,34,35)(H,29,30,32);8-9,17-18H,1-7,10-14,24H2,(H,27,28);1-2H/t20-;22-;18-;/m100./s1. The number of aromatic nitrogens is 9. The first-order valence-electron chi connectivity index (χ1n) is 37.2. The molecular weight excluding hydrogens is 1510 g/mol. The number of halogens is 9. The van der Waals surface area contributed by atoms with Gasteiger partial charge in [0.05, 0.1) is 14.9 Å². The van der Waals surface area contributed by atoms with E-state index >= 15 is 0 Å². The number of aryl methyl sites for hydroxylation is 9. The van der Waals surface area contributed by atoms with Gasteiger partial charge < -0.3 is 26.4 Å². The van der Waals surface area contributed by atoms with Gasteiger partial charge in [-0.1, -0.05) is 29.8 Å². The van der Waals surface area contributed by atoms with Gasteiger partial charge in [-0.2, -0.15) is 0 Å². The number of carbonyl (C=O) groups is 3. The summed E-state index contributed by atoms with van der Waals surface area (Å²) in [7, 11) is 0. The number of fused-ring (bicyclic) bond motifs is 3. The molecule has 0 aliphatic heterocycles. The number of alkyl halides is 6. The summed E-state index contributed by atoms with van der Waals surface area (Å²) in [6, 6.07) is 12.3. The molecular formula is C76H99Br2ClF6N14O6. The molecule has 3 saturated carbocycles. The molecule has 0 unspecified atom stereocenters. The molecule has 6 aliphatic carbocycles. The van der Waals surface area contributed by atoms with Crippen LogP contribution in [0.4, 0.5) is 32.2 Å². The number of hydrogen-bond donors (Lipinski definition) is 5. The monoisotopic (exact) mass is 1610 g/mol. The third-order valence-corrected chi connectivity index (χ3v) is 22.4. The SMILES string of the molecule is Clc1ncncc1Br.N[C@@H](CCN(CCCCc1ccc2c(n1)CCCC2)C1CC(F)(F)C1)C(=O)O.O=C(O)[C@H](CCN(CCCCc1ccc2c(n1)CCCC2)C1CC(F)(F)C1)Cc1ccncn1.O=C(O)[C@H](CCN(CCCCc1ccc2c(n1)CCCC2)C1CC(F)(F)C1)Nc1ncncc1Br. The first-order chi connectivity index (χ1) is 50.3. The molecule has 0 radical (unpaired) electrons. The van der Waals surface area contributed by atoms with Gasteiger partial charge in [0.25, 0.3) is 17.8 Å². The maximum absolute atomic E-state index is 13.6. The van der Waals surface area contributed by atoms with Crippen molar-refractivity contribution in [1.29, 1.82) is 0 Å². The van der Waals surface area contributed by atoms with Crippen molar-refractivity contribution in [3.63, 3.8) is 0 Å². The Morgan fingerprint density at radius 2 is 0.905 bits per heavy atom. The molecule has 0 aromatic carbocycles. The molecule has 572 valence electrons. The minimum Gasteiger partial charge on any atom is -0.481 e. The van der Waals surface area contributed by atoms with Gasteiger partial charge >= 0.3 is 17.9 Å². The molecule has 29 heteroatoms. The molecule has 6 aromatic rings. The summed E-state index contributed by atoms with van der Waals surface area (Å²) in [5.74, 6) is -10.9. The number of nitrogens with one attached hydrogen (secondary N) is 1. The molecule has 0 spiro atoms. The van der Waals surface area contributed by atoms with E-state index in [1.807, 2.05) is 9.80 Å². The van der Waals surface area contributed by atoms with Crippen molar-refractivity contribution in [3.8, 4) is 0 Å². The van der Waals surface area contributed by atoms with Crippen molar-refractivity contribution in [2.24, 2.45) is 11.7 Å². The van der Waals surface area contributed by atoms with Crippen LogP contribution >= 0.6 is 43.5 Å². The largest absolute Gasteiger partial charge is 0.481 e. The molecule has 0 bridgehead atoms.